The average molecular weight is 587 g/mol. The Hall–Kier alpha value is -3.22. The number of ketones is 1. The molecule has 216 valence electrons. The lowest BCUT2D eigenvalue weighted by Crippen LogP contribution is -2.36. The van der Waals surface area contributed by atoms with E-state index in [0.29, 0.717) is 79.7 Å². The largest absolute Gasteiger partial charge is 0.488 e. The second kappa shape index (κ2) is 12.3. The van der Waals surface area contributed by atoms with Crippen LogP contribution in [-0.4, -0.2) is 85.0 Å². The summed E-state index contributed by atoms with van der Waals surface area (Å²) in [5.41, 5.74) is 1.56. The van der Waals surface area contributed by atoms with Gasteiger partial charge in [-0.25, -0.2) is 18.7 Å². The van der Waals surface area contributed by atoms with E-state index in [-0.39, 0.29) is 36.3 Å². The van der Waals surface area contributed by atoms with Crippen LogP contribution >= 0.6 is 11.6 Å². The van der Waals surface area contributed by atoms with Crippen molar-refractivity contribution in [2.24, 2.45) is 0 Å². The molecule has 1 aromatic heterocycles. The summed E-state index contributed by atoms with van der Waals surface area (Å²) in [4.78, 5) is 23.8. The zero-order valence-electron chi connectivity index (χ0n) is 22.2. The molecule has 12 heteroatoms. The predicted octanol–water partition coefficient (Wildman–Crippen LogP) is 4.40. The van der Waals surface area contributed by atoms with Crippen molar-refractivity contribution in [1.82, 2.24) is 14.9 Å². The van der Waals surface area contributed by atoms with Crippen LogP contribution < -0.4 is 10.1 Å². The highest BCUT2D eigenvalue weighted by molar-refractivity contribution is 6.31. The summed E-state index contributed by atoms with van der Waals surface area (Å²) < 4.78 is 51.8. The first-order chi connectivity index (χ1) is 19.9. The Morgan fingerprint density at radius 3 is 2.68 bits per heavy atom. The highest BCUT2D eigenvalue weighted by Crippen LogP contribution is 2.33. The lowest BCUT2D eigenvalue weighted by atomic mass is 10.0. The quantitative estimate of drug-likeness (QED) is 0.366. The summed E-state index contributed by atoms with van der Waals surface area (Å²) in [5, 5.41) is 3.66. The second-order valence-electron chi connectivity index (χ2n) is 10.2. The Kier molecular flexibility index (Phi) is 8.40. The molecule has 3 aromatic rings. The highest BCUT2D eigenvalue weighted by atomic mass is 35.5. The first kappa shape index (κ1) is 27.9. The van der Waals surface area contributed by atoms with E-state index in [0.717, 1.165) is 0 Å². The molecule has 4 heterocycles. The molecule has 0 radical (unpaired) electrons. The van der Waals surface area contributed by atoms with Crippen molar-refractivity contribution in [2.75, 3.05) is 51.4 Å². The summed E-state index contributed by atoms with van der Waals surface area (Å²) >= 11 is 5.94. The SMILES string of the molecule is O=C(Cc1cc2c(Nc3ccc(F)c(Cl)c3)ncnc2cc1O[C@H]1CCOC1)/C(F)=C/CN1C[C@@H]2OCCO[C@H]2C1. The molecular weight excluding hydrogens is 558 g/mol. The molecule has 3 saturated heterocycles. The van der Waals surface area contributed by atoms with E-state index in [9.17, 15) is 9.18 Å². The number of hydrogen-bond acceptors (Lipinski definition) is 9. The minimum Gasteiger partial charge on any atom is -0.488 e. The van der Waals surface area contributed by atoms with Crippen molar-refractivity contribution in [3.8, 4) is 5.75 Å². The molecule has 41 heavy (non-hydrogen) atoms. The molecule has 0 amide bonds. The van der Waals surface area contributed by atoms with E-state index in [4.69, 9.17) is 30.5 Å². The Bertz CT molecular complexity index is 1450. The van der Waals surface area contributed by atoms with Gasteiger partial charge in [-0.2, -0.15) is 0 Å². The summed E-state index contributed by atoms with van der Waals surface area (Å²) in [5.74, 6) is -1.18. The number of likely N-dealkylation sites (tertiary alicyclic amines) is 1. The first-order valence-corrected chi connectivity index (χ1v) is 13.9. The van der Waals surface area contributed by atoms with Gasteiger partial charge in [-0.05, 0) is 30.3 Å². The number of halogens is 3. The number of anilines is 2. The van der Waals surface area contributed by atoms with Gasteiger partial charge in [0.2, 0.25) is 0 Å². The molecule has 0 saturated carbocycles. The van der Waals surface area contributed by atoms with Crippen molar-refractivity contribution < 1.29 is 32.5 Å². The summed E-state index contributed by atoms with van der Waals surface area (Å²) in [6, 6.07) is 7.66. The Labute approximate surface area is 240 Å². The first-order valence-electron chi connectivity index (χ1n) is 13.5. The topological polar surface area (TPSA) is 95.0 Å². The third kappa shape index (κ3) is 6.49. The Morgan fingerprint density at radius 1 is 1.15 bits per heavy atom. The van der Waals surface area contributed by atoms with Crippen molar-refractivity contribution in [3.63, 3.8) is 0 Å². The van der Waals surface area contributed by atoms with Gasteiger partial charge in [0.15, 0.2) is 11.6 Å². The average Bonchev–Trinajstić information content (AvgIpc) is 3.64. The van der Waals surface area contributed by atoms with Gasteiger partial charge in [-0.15, -0.1) is 0 Å². The van der Waals surface area contributed by atoms with Crippen LogP contribution in [0.15, 0.2) is 48.6 Å². The predicted molar refractivity (Wildman–Crippen MR) is 148 cm³/mol. The van der Waals surface area contributed by atoms with Crippen LogP contribution in [0.2, 0.25) is 5.02 Å². The van der Waals surface area contributed by atoms with Crippen LogP contribution in [0, 0.1) is 5.82 Å². The van der Waals surface area contributed by atoms with Crippen LogP contribution in [0.3, 0.4) is 0 Å². The number of hydrogen-bond donors (Lipinski definition) is 1. The maximum Gasteiger partial charge on any atom is 0.195 e. The van der Waals surface area contributed by atoms with Gasteiger partial charge in [0.1, 0.15) is 29.8 Å². The van der Waals surface area contributed by atoms with E-state index in [1.807, 2.05) is 4.90 Å². The maximum absolute atomic E-state index is 15.1. The van der Waals surface area contributed by atoms with Crippen LogP contribution in [0.25, 0.3) is 10.9 Å². The van der Waals surface area contributed by atoms with Crippen molar-refractivity contribution in [2.45, 2.75) is 31.2 Å². The number of nitrogens with zero attached hydrogens (tertiary/aromatic N) is 3. The van der Waals surface area contributed by atoms with Crippen LogP contribution in [-0.2, 0) is 25.4 Å². The number of benzene rings is 2. The van der Waals surface area contributed by atoms with Crippen molar-refractivity contribution >= 4 is 39.8 Å². The fourth-order valence-electron chi connectivity index (χ4n) is 5.24. The minimum atomic E-state index is -0.819. The third-order valence-electron chi connectivity index (χ3n) is 7.37. The molecule has 3 aliphatic heterocycles. The standard InChI is InChI=1S/C29H29ClF2N4O5/c30-21-11-18(1-2-22(21)31)35-29-20-9-17(26(12-24(20)33-16-34-29)41-19-4-6-38-15-19)10-25(37)23(32)3-5-36-13-27-28(14-36)40-8-7-39-27/h1-3,9,11-12,16,19,27-28H,4-8,10,13-15H2,(H,33,34,35)/b23-3-/t19-,27-,28-/m0/s1. The zero-order valence-corrected chi connectivity index (χ0v) is 22.9. The molecule has 0 aliphatic carbocycles. The molecule has 2 aromatic carbocycles. The number of ether oxygens (including phenoxy) is 4. The minimum absolute atomic E-state index is 0.0243. The van der Waals surface area contributed by atoms with Gasteiger partial charge < -0.3 is 24.3 Å². The van der Waals surface area contributed by atoms with E-state index in [1.165, 1.54) is 30.6 Å². The number of carbonyl (C=O) groups excluding carboxylic acids is 1. The molecule has 3 aliphatic rings. The fourth-order valence-corrected chi connectivity index (χ4v) is 5.42. The number of carbonyl (C=O) groups is 1. The second-order valence-corrected chi connectivity index (χ2v) is 10.7. The normalized spacial score (nSPS) is 23.1. The molecule has 3 atom stereocenters. The molecule has 9 nitrogen and oxygen atoms in total. The van der Waals surface area contributed by atoms with Gasteiger partial charge in [0, 0.05) is 55.2 Å². The van der Waals surface area contributed by atoms with Gasteiger partial charge in [-0.1, -0.05) is 11.6 Å². The summed E-state index contributed by atoms with van der Waals surface area (Å²) in [7, 11) is 0. The molecule has 3 fully saturated rings. The summed E-state index contributed by atoms with van der Waals surface area (Å²) in [6.45, 7) is 3.65. The molecule has 6 rings (SSSR count). The number of rotatable bonds is 9. The molecule has 0 unspecified atom stereocenters. The number of nitrogens with one attached hydrogen (secondary N) is 1. The van der Waals surface area contributed by atoms with Crippen molar-refractivity contribution in [3.05, 3.63) is 65.0 Å². The Balaban J connectivity index is 1.24. The molecular formula is C29H29ClF2N4O5. The summed E-state index contributed by atoms with van der Waals surface area (Å²) in [6.07, 6.45) is 2.93. The van der Waals surface area contributed by atoms with Gasteiger partial charge >= 0.3 is 0 Å². The molecule has 0 bridgehead atoms. The lowest BCUT2D eigenvalue weighted by Gasteiger charge is -2.24. The number of Topliss-reactive ketones (excluding diaryl/α,β-unsaturated/α-hetero) is 1. The van der Waals surface area contributed by atoms with E-state index >= 15 is 4.39 Å². The van der Waals surface area contributed by atoms with E-state index in [2.05, 4.69) is 15.3 Å². The van der Waals surface area contributed by atoms with Crippen LogP contribution in [0.1, 0.15) is 12.0 Å². The monoisotopic (exact) mass is 586 g/mol. The van der Waals surface area contributed by atoms with Gasteiger partial charge in [0.05, 0.1) is 49.2 Å². The number of fused-ring (bicyclic) bond motifs is 2. The number of allylic oxidation sites excluding steroid dienone is 1. The lowest BCUT2D eigenvalue weighted by molar-refractivity contribution is -0.116. The molecule has 0 spiro atoms. The van der Waals surface area contributed by atoms with Gasteiger partial charge in [-0.3, -0.25) is 9.69 Å². The fraction of sp³-hybridized carbons (Fsp3) is 0.414. The van der Waals surface area contributed by atoms with Crippen LogP contribution in [0.4, 0.5) is 20.3 Å². The van der Waals surface area contributed by atoms with Crippen LogP contribution in [0.5, 0.6) is 5.75 Å². The van der Waals surface area contributed by atoms with Gasteiger partial charge in [0.25, 0.3) is 0 Å². The number of aromatic nitrogens is 2. The zero-order chi connectivity index (χ0) is 28.3. The third-order valence-corrected chi connectivity index (χ3v) is 7.66. The van der Waals surface area contributed by atoms with Crippen molar-refractivity contribution in [1.29, 1.82) is 0 Å². The van der Waals surface area contributed by atoms with E-state index in [1.54, 1.807) is 12.1 Å². The highest BCUT2D eigenvalue weighted by Gasteiger charge is 2.36. The van der Waals surface area contributed by atoms with E-state index < -0.39 is 17.4 Å². The smallest absolute Gasteiger partial charge is 0.195 e. The Morgan fingerprint density at radius 2 is 1.95 bits per heavy atom. The molecule has 1 N–H and O–H groups in total. The maximum atomic E-state index is 15.1.